The summed E-state index contributed by atoms with van der Waals surface area (Å²) in [4.78, 5) is 0. The number of aliphatic hydroxyl groups excluding tert-OH is 1. The van der Waals surface area contributed by atoms with Crippen LogP contribution in [0.4, 0.5) is 0 Å². The fourth-order valence-corrected chi connectivity index (χ4v) is 0.739. The summed E-state index contributed by atoms with van der Waals surface area (Å²) >= 11 is 0. The molecular formula is C6H15NO3. The van der Waals surface area contributed by atoms with Crippen molar-refractivity contribution in [1.29, 1.82) is 0 Å². The van der Waals surface area contributed by atoms with Crippen LogP contribution < -0.4 is 5.48 Å². The molecule has 0 bridgehead atoms. The van der Waals surface area contributed by atoms with Crippen molar-refractivity contribution < 1.29 is 15.4 Å². The average Bonchev–Trinajstić information content (AvgIpc) is 1.88. The fraction of sp³-hybridized carbons (Fsp3) is 1.00. The van der Waals surface area contributed by atoms with Crippen LogP contribution in [0.3, 0.4) is 0 Å². The zero-order valence-electron chi connectivity index (χ0n) is 6.33. The molecule has 4 nitrogen and oxygen atoms in total. The smallest absolute Gasteiger partial charge is 0.163 e. The number of rotatable bonds is 4. The van der Waals surface area contributed by atoms with Gasteiger partial charge < -0.3 is 15.4 Å². The molecule has 0 spiro atoms. The molecule has 62 valence electrons. The molecular weight excluding hydrogens is 134 g/mol. The first-order chi connectivity index (χ1) is 4.56. The molecule has 0 saturated heterocycles. The molecule has 2 unspecified atom stereocenters. The van der Waals surface area contributed by atoms with E-state index in [1.165, 1.54) is 6.92 Å². The van der Waals surface area contributed by atoms with Gasteiger partial charge in [0.25, 0.3) is 0 Å². The largest absolute Gasteiger partial charge is 0.389 e. The first-order valence-corrected chi connectivity index (χ1v) is 3.38. The number of hydroxylamine groups is 1. The second-order valence-electron chi connectivity index (χ2n) is 2.46. The van der Waals surface area contributed by atoms with Gasteiger partial charge in [-0.1, -0.05) is 13.3 Å². The maximum Gasteiger partial charge on any atom is 0.163 e. The van der Waals surface area contributed by atoms with E-state index in [0.717, 1.165) is 0 Å². The summed E-state index contributed by atoms with van der Waals surface area (Å²) in [5.74, 6) is 0. The molecule has 0 heterocycles. The van der Waals surface area contributed by atoms with E-state index in [1.54, 1.807) is 5.48 Å². The van der Waals surface area contributed by atoms with Crippen molar-refractivity contribution in [2.75, 3.05) is 0 Å². The number of hydrogen-bond acceptors (Lipinski definition) is 4. The Balaban J connectivity index is 3.94. The van der Waals surface area contributed by atoms with Crippen LogP contribution in [0.25, 0.3) is 0 Å². The van der Waals surface area contributed by atoms with Crippen molar-refractivity contribution in [2.45, 2.75) is 38.5 Å². The van der Waals surface area contributed by atoms with Crippen LogP contribution in [0.5, 0.6) is 0 Å². The van der Waals surface area contributed by atoms with Gasteiger partial charge in [-0.2, -0.15) is 5.48 Å². The Morgan fingerprint density at radius 3 is 2.20 bits per heavy atom. The number of hydrogen-bond donors (Lipinski definition) is 4. The minimum Gasteiger partial charge on any atom is -0.389 e. The molecule has 0 aliphatic heterocycles. The Bertz CT molecular complexity index is 97.0. The minimum absolute atomic E-state index is 0.321. The summed E-state index contributed by atoms with van der Waals surface area (Å²) in [6.45, 7) is 3.27. The highest BCUT2D eigenvalue weighted by atomic mass is 16.5. The predicted molar refractivity (Wildman–Crippen MR) is 36.5 cm³/mol. The van der Waals surface area contributed by atoms with Crippen LogP contribution in [0.1, 0.15) is 26.7 Å². The van der Waals surface area contributed by atoms with Gasteiger partial charge in [-0.15, -0.1) is 0 Å². The third-order valence-corrected chi connectivity index (χ3v) is 1.52. The van der Waals surface area contributed by atoms with E-state index in [2.05, 4.69) is 0 Å². The van der Waals surface area contributed by atoms with E-state index in [9.17, 15) is 5.11 Å². The summed E-state index contributed by atoms with van der Waals surface area (Å²) in [6, 6.07) is 0. The van der Waals surface area contributed by atoms with Gasteiger partial charge in [0.1, 0.15) is 0 Å². The molecule has 0 saturated carbocycles. The number of aliphatic hydroxyl groups is 2. The summed E-state index contributed by atoms with van der Waals surface area (Å²) in [5, 5.41) is 26.6. The Morgan fingerprint density at radius 2 is 2.10 bits per heavy atom. The highest BCUT2D eigenvalue weighted by Crippen LogP contribution is 2.12. The van der Waals surface area contributed by atoms with Gasteiger partial charge in [0.2, 0.25) is 0 Å². The lowest BCUT2D eigenvalue weighted by Gasteiger charge is -2.28. The highest BCUT2D eigenvalue weighted by Gasteiger charge is 2.30. The predicted octanol–water partition coefficient (Wildman–Crippen LogP) is -0.165. The monoisotopic (exact) mass is 149 g/mol. The van der Waals surface area contributed by atoms with Gasteiger partial charge in [0.05, 0.1) is 6.10 Å². The molecule has 0 aliphatic carbocycles. The second-order valence-corrected chi connectivity index (χ2v) is 2.46. The van der Waals surface area contributed by atoms with Crippen LogP contribution in [0, 0.1) is 0 Å². The Labute approximate surface area is 60.5 Å². The molecule has 0 aromatic carbocycles. The summed E-state index contributed by atoms with van der Waals surface area (Å²) < 4.78 is 0. The maximum atomic E-state index is 9.29. The van der Waals surface area contributed by atoms with Crippen LogP contribution in [-0.4, -0.2) is 27.2 Å². The maximum absolute atomic E-state index is 9.29. The van der Waals surface area contributed by atoms with Gasteiger partial charge >= 0.3 is 0 Å². The normalized spacial score (nSPS) is 20.1. The van der Waals surface area contributed by atoms with Crippen molar-refractivity contribution in [2.24, 2.45) is 0 Å². The van der Waals surface area contributed by atoms with Gasteiger partial charge in [0.15, 0.2) is 5.72 Å². The molecule has 0 aromatic rings. The summed E-state index contributed by atoms with van der Waals surface area (Å²) in [7, 11) is 0. The lowest BCUT2D eigenvalue weighted by Crippen LogP contribution is -2.51. The third kappa shape index (κ3) is 2.22. The zero-order chi connectivity index (χ0) is 8.20. The molecule has 0 aromatic heterocycles. The van der Waals surface area contributed by atoms with Crippen LogP contribution in [0.2, 0.25) is 0 Å². The minimum atomic E-state index is -1.55. The molecule has 2 atom stereocenters. The van der Waals surface area contributed by atoms with Crippen molar-refractivity contribution in [3.63, 3.8) is 0 Å². The molecule has 0 aliphatic rings. The van der Waals surface area contributed by atoms with E-state index in [0.29, 0.717) is 12.8 Å². The fourth-order valence-electron chi connectivity index (χ4n) is 0.739. The van der Waals surface area contributed by atoms with E-state index in [1.807, 2.05) is 6.92 Å². The van der Waals surface area contributed by atoms with E-state index >= 15 is 0 Å². The molecule has 4 N–H and O–H groups in total. The Kier molecular flexibility index (Phi) is 3.81. The lowest BCUT2D eigenvalue weighted by molar-refractivity contribution is -0.159. The molecule has 4 heteroatoms. The Morgan fingerprint density at radius 1 is 1.60 bits per heavy atom. The molecule has 0 rings (SSSR count). The number of nitrogens with one attached hydrogen (secondary N) is 1. The van der Waals surface area contributed by atoms with E-state index in [-0.39, 0.29) is 0 Å². The molecule has 0 amide bonds. The third-order valence-electron chi connectivity index (χ3n) is 1.52. The summed E-state index contributed by atoms with van der Waals surface area (Å²) in [5.41, 5.74) is 0.137. The molecule has 0 radical (unpaired) electrons. The molecule has 0 fully saturated rings. The van der Waals surface area contributed by atoms with Gasteiger partial charge in [-0.3, -0.25) is 0 Å². The quantitative estimate of drug-likeness (QED) is 0.331. The van der Waals surface area contributed by atoms with Crippen LogP contribution in [-0.2, 0) is 0 Å². The second kappa shape index (κ2) is 3.88. The van der Waals surface area contributed by atoms with Crippen LogP contribution >= 0.6 is 0 Å². The van der Waals surface area contributed by atoms with Crippen molar-refractivity contribution >= 4 is 0 Å². The van der Waals surface area contributed by atoms with Crippen molar-refractivity contribution in [3.8, 4) is 0 Å². The summed E-state index contributed by atoms with van der Waals surface area (Å²) in [6.07, 6.45) is 0.0355. The van der Waals surface area contributed by atoms with Crippen molar-refractivity contribution in [3.05, 3.63) is 0 Å². The van der Waals surface area contributed by atoms with Gasteiger partial charge in [-0.25, -0.2) is 0 Å². The van der Waals surface area contributed by atoms with Crippen molar-refractivity contribution in [1.82, 2.24) is 5.48 Å². The van der Waals surface area contributed by atoms with Crippen LogP contribution in [0.15, 0.2) is 0 Å². The van der Waals surface area contributed by atoms with Gasteiger partial charge in [0, 0.05) is 0 Å². The average molecular weight is 149 g/mol. The zero-order valence-corrected chi connectivity index (χ0v) is 6.33. The lowest BCUT2D eigenvalue weighted by atomic mass is 10.0. The topological polar surface area (TPSA) is 72.7 Å². The SMILES string of the molecule is CCCC(O)(NO)C(C)O. The first kappa shape index (κ1) is 9.84. The first-order valence-electron chi connectivity index (χ1n) is 3.38. The Hall–Kier alpha value is -0.160. The molecule has 10 heavy (non-hydrogen) atoms. The van der Waals surface area contributed by atoms with E-state index < -0.39 is 11.8 Å². The van der Waals surface area contributed by atoms with E-state index in [4.69, 9.17) is 10.3 Å². The standard InChI is InChI=1S/C6H15NO3/c1-3-4-6(9,7-10)5(2)8/h5,7-10H,3-4H2,1-2H3. The van der Waals surface area contributed by atoms with Gasteiger partial charge in [-0.05, 0) is 13.3 Å². The highest BCUT2D eigenvalue weighted by molar-refractivity contribution is 4.76.